The van der Waals surface area contributed by atoms with E-state index in [0.717, 1.165) is 17.7 Å². The van der Waals surface area contributed by atoms with Crippen LogP contribution in [0.2, 0.25) is 0 Å². The molecule has 0 aliphatic rings. The quantitative estimate of drug-likeness (QED) is 0.448. The molecule has 0 aliphatic carbocycles. The van der Waals surface area contributed by atoms with Gasteiger partial charge in [-0.3, -0.25) is 0 Å². The molecule has 4 rings (SSSR count). The third-order valence-corrected chi connectivity index (χ3v) is 5.09. The first-order chi connectivity index (χ1) is 14.7. The summed E-state index contributed by atoms with van der Waals surface area (Å²) in [6.45, 7) is 3.34. The molecule has 1 atom stereocenters. The molecule has 152 valence electrons. The number of rotatable bonds is 8. The number of benzene rings is 2. The molecule has 0 fully saturated rings. The Balaban J connectivity index is 1.33. The van der Waals surface area contributed by atoms with Crippen LogP contribution in [0.25, 0.3) is 10.8 Å². The highest BCUT2D eigenvalue weighted by Crippen LogP contribution is 2.24. The molecule has 0 bridgehead atoms. The van der Waals surface area contributed by atoms with Crippen LogP contribution in [0.1, 0.15) is 29.7 Å². The van der Waals surface area contributed by atoms with Crippen LogP contribution in [0.15, 0.2) is 79.1 Å². The number of methoxy groups -OCH3 is 1. The zero-order valence-electron chi connectivity index (χ0n) is 17.2. The first kappa shape index (κ1) is 19.9. The molecule has 0 radical (unpaired) electrons. The second-order valence-electron chi connectivity index (χ2n) is 7.17. The molecule has 4 aromatic rings. The highest BCUT2D eigenvalue weighted by atomic mass is 16.5. The molecule has 1 N–H and O–H groups in total. The van der Waals surface area contributed by atoms with Crippen molar-refractivity contribution in [2.75, 3.05) is 7.11 Å². The molecule has 30 heavy (non-hydrogen) atoms. The maximum atomic E-state index is 5.75. The van der Waals surface area contributed by atoms with E-state index in [1.54, 1.807) is 13.3 Å². The number of hydrogen-bond donors (Lipinski definition) is 1. The lowest BCUT2D eigenvalue weighted by molar-refractivity contribution is 0.292. The standard InChI is InChI=1S/C25H25N3O2/c1-18(22-9-5-7-21-6-3-4-8-23(21)22)26-14-19-10-13-25(28-15-19)30-17-20-11-12-24(29-2)27-16-20/h3-13,15-16,18,26H,14,17H2,1-2H3. The van der Waals surface area contributed by atoms with Crippen molar-refractivity contribution in [1.82, 2.24) is 15.3 Å². The van der Waals surface area contributed by atoms with Crippen molar-refractivity contribution in [3.63, 3.8) is 0 Å². The van der Waals surface area contributed by atoms with E-state index >= 15 is 0 Å². The Kier molecular flexibility index (Phi) is 6.20. The third-order valence-electron chi connectivity index (χ3n) is 5.09. The van der Waals surface area contributed by atoms with Crippen LogP contribution in [-0.2, 0) is 13.2 Å². The molecule has 0 saturated heterocycles. The smallest absolute Gasteiger partial charge is 0.213 e. The van der Waals surface area contributed by atoms with Crippen molar-refractivity contribution in [3.8, 4) is 11.8 Å². The van der Waals surface area contributed by atoms with Crippen LogP contribution in [0.5, 0.6) is 11.8 Å². The molecular formula is C25H25N3O2. The predicted molar refractivity (Wildman–Crippen MR) is 119 cm³/mol. The second-order valence-corrected chi connectivity index (χ2v) is 7.17. The van der Waals surface area contributed by atoms with Gasteiger partial charge in [0, 0.05) is 42.7 Å². The van der Waals surface area contributed by atoms with E-state index in [4.69, 9.17) is 9.47 Å². The minimum Gasteiger partial charge on any atom is -0.481 e. The number of fused-ring (bicyclic) bond motifs is 1. The number of nitrogens with one attached hydrogen (secondary N) is 1. The van der Waals surface area contributed by atoms with Gasteiger partial charge in [0.2, 0.25) is 11.8 Å². The van der Waals surface area contributed by atoms with Gasteiger partial charge in [-0.15, -0.1) is 0 Å². The van der Waals surface area contributed by atoms with Gasteiger partial charge >= 0.3 is 0 Å². The number of nitrogens with zero attached hydrogens (tertiary/aromatic N) is 2. The maximum Gasteiger partial charge on any atom is 0.213 e. The van der Waals surface area contributed by atoms with Crippen LogP contribution in [0.4, 0.5) is 0 Å². The zero-order valence-corrected chi connectivity index (χ0v) is 17.2. The fourth-order valence-electron chi connectivity index (χ4n) is 3.38. The Morgan fingerprint density at radius 3 is 2.33 bits per heavy atom. The molecule has 5 nitrogen and oxygen atoms in total. The minimum absolute atomic E-state index is 0.231. The van der Waals surface area contributed by atoms with Gasteiger partial charge in [-0.25, -0.2) is 9.97 Å². The SMILES string of the molecule is COc1ccc(COc2ccc(CNC(C)c3cccc4ccccc34)cn2)cn1. The second kappa shape index (κ2) is 9.37. The molecular weight excluding hydrogens is 374 g/mol. The number of hydrogen-bond acceptors (Lipinski definition) is 5. The fraction of sp³-hybridized carbons (Fsp3) is 0.200. The van der Waals surface area contributed by atoms with Crippen molar-refractivity contribution in [3.05, 3.63) is 95.8 Å². The van der Waals surface area contributed by atoms with E-state index in [9.17, 15) is 0 Å². The average Bonchev–Trinajstić information content (AvgIpc) is 2.82. The molecule has 0 aliphatic heterocycles. The summed E-state index contributed by atoms with van der Waals surface area (Å²) in [6.07, 6.45) is 3.59. The molecule has 1 unspecified atom stereocenters. The largest absolute Gasteiger partial charge is 0.481 e. The Bertz CT molecular complexity index is 1090. The summed E-state index contributed by atoms with van der Waals surface area (Å²) in [5.41, 5.74) is 3.38. The molecule has 2 heterocycles. The van der Waals surface area contributed by atoms with Gasteiger partial charge in [0.15, 0.2) is 0 Å². The molecule has 0 saturated carbocycles. The van der Waals surface area contributed by atoms with Crippen LogP contribution < -0.4 is 14.8 Å². The molecule has 5 heteroatoms. The highest BCUT2D eigenvalue weighted by molar-refractivity contribution is 5.86. The summed E-state index contributed by atoms with van der Waals surface area (Å²) in [5, 5.41) is 6.14. The summed E-state index contributed by atoms with van der Waals surface area (Å²) in [7, 11) is 1.60. The first-order valence-electron chi connectivity index (χ1n) is 10.0. The Morgan fingerprint density at radius 1 is 0.833 bits per heavy atom. The number of pyridine rings is 2. The average molecular weight is 399 g/mol. The Hall–Kier alpha value is -3.44. The molecule has 0 amide bonds. The number of ether oxygens (including phenoxy) is 2. The maximum absolute atomic E-state index is 5.75. The minimum atomic E-state index is 0.231. The lowest BCUT2D eigenvalue weighted by atomic mass is 9.99. The van der Waals surface area contributed by atoms with E-state index in [0.29, 0.717) is 18.4 Å². The monoisotopic (exact) mass is 399 g/mol. The van der Waals surface area contributed by atoms with Gasteiger partial charge in [-0.2, -0.15) is 0 Å². The molecule has 0 spiro atoms. The van der Waals surface area contributed by atoms with Crippen molar-refractivity contribution < 1.29 is 9.47 Å². The van der Waals surface area contributed by atoms with Crippen molar-refractivity contribution in [1.29, 1.82) is 0 Å². The fourth-order valence-corrected chi connectivity index (χ4v) is 3.38. The Labute approximate surface area is 176 Å². The normalized spacial score (nSPS) is 11.9. The third kappa shape index (κ3) is 4.75. The number of aromatic nitrogens is 2. The van der Waals surface area contributed by atoms with Crippen LogP contribution >= 0.6 is 0 Å². The first-order valence-corrected chi connectivity index (χ1v) is 10.0. The van der Waals surface area contributed by atoms with Gasteiger partial charge < -0.3 is 14.8 Å². The van der Waals surface area contributed by atoms with Gasteiger partial charge in [-0.05, 0) is 34.9 Å². The van der Waals surface area contributed by atoms with E-state index in [1.807, 2.05) is 30.5 Å². The lowest BCUT2D eigenvalue weighted by Gasteiger charge is -2.17. The highest BCUT2D eigenvalue weighted by Gasteiger charge is 2.09. The molecule has 2 aromatic carbocycles. The summed E-state index contributed by atoms with van der Waals surface area (Å²) < 4.78 is 10.8. The summed E-state index contributed by atoms with van der Waals surface area (Å²) in [5.74, 6) is 1.18. The summed E-state index contributed by atoms with van der Waals surface area (Å²) in [4.78, 5) is 8.60. The van der Waals surface area contributed by atoms with E-state index in [-0.39, 0.29) is 6.04 Å². The van der Waals surface area contributed by atoms with Gasteiger partial charge in [0.1, 0.15) is 6.61 Å². The topological polar surface area (TPSA) is 56.3 Å². The van der Waals surface area contributed by atoms with E-state index in [2.05, 4.69) is 64.7 Å². The van der Waals surface area contributed by atoms with E-state index in [1.165, 1.54) is 16.3 Å². The molecule has 2 aromatic heterocycles. The predicted octanol–water partition coefficient (Wildman–Crippen LogP) is 5.07. The summed E-state index contributed by atoms with van der Waals surface area (Å²) >= 11 is 0. The Morgan fingerprint density at radius 2 is 1.57 bits per heavy atom. The van der Waals surface area contributed by atoms with Crippen LogP contribution in [0, 0.1) is 0 Å². The summed E-state index contributed by atoms with van der Waals surface area (Å²) in [6, 6.07) is 22.8. The van der Waals surface area contributed by atoms with Gasteiger partial charge in [0.05, 0.1) is 7.11 Å². The van der Waals surface area contributed by atoms with Crippen molar-refractivity contribution >= 4 is 10.8 Å². The van der Waals surface area contributed by atoms with E-state index < -0.39 is 0 Å². The van der Waals surface area contributed by atoms with Crippen molar-refractivity contribution in [2.24, 2.45) is 0 Å². The zero-order chi connectivity index (χ0) is 20.8. The van der Waals surface area contributed by atoms with Crippen LogP contribution in [-0.4, -0.2) is 17.1 Å². The van der Waals surface area contributed by atoms with Crippen molar-refractivity contribution in [2.45, 2.75) is 26.1 Å². The van der Waals surface area contributed by atoms with Gasteiger partial charge in [0.25, 0.3) is 0 Å². The lowest BCUT2D eigenvalue weighted by Crippen LogP contribution is -2.18. The van der Waals surface area contributed by atoms with Gasteiger partial charge in [-0.1, -0.05) is 48.5 Å². The van der Waals surface area contributed by atoms with Crippen LogP contribution in [0.3, 0.4) is 0 Å².